The first-order valence-electron chi connectivity index (χ1n) is 8.37. The number of hydrogen-bond acceptors (Lipinski definition) is 4. The summed E-state index contributed by atoms with van der Waals surface area (Å²) in [5.74, 6) is 0.0914. The number of benzene rings is 2. The molecule has 0 spiro atoms. The summed E-state index contributed by atoms with van der Waals surface area (Å²) in [4.78, 5) is 25.4. The van der Waals surface area contributed by atoms with Crippen molar-refractivity contribution in [3.63, 3.8) is 0 Å². The molecule has 0 radical (unpaired) electrons. The second-order valence-corrected chi connectivity index (χ2v) is 8.24. The van der Waals surface area contributed by atoms with E-state index in [0.29, 0.717) is 10.7 Å². The lowest BCUT2D eigenvalue weighted by molar-refractivity contribution is -0.132. The van der Waals surface area contributed by atoms with Gasteiger partial charge in [0.2, 0.25) is 0 Å². The summed E-state index contributed by atoms with van der Waals surface area (Å²) in [5, 5.41) is 2.92. The second kappa shape index (κ2) is 7.00. The minimum atomic E-state index is -0.347. The molecule has 5 heteroatoms. The number of amides is 1. The summed E-state index contributed by atoms with van der Waals surface area (Å²) in [5.41, 5.74) is 2.44. The number of fused-ring (bicyclic) bond motifs is 1. The molecular weight excluding hydrogens is 346 g/mol. The lowest BCUT2D eigenvalue weighted by atomic mass is 9.85. The van der Waals surface area contributed by atoms with Gasteiger partial charge in [0.15, 0.2) is 0 Å². The van der Waals surface area contributed by atoms with Crippen LogP contribution in [0.25, 0.3) is 6.08 Å². The van der Waals surface area contributed by atoms with Crippen LogP contribution in [0.4, 0.5) is 5.69 Å². The normalized spacial score (nSPS) is 15.4. The number of thioether (sulfide) groups is 1. The fourth-order valence-corrected chi connectivity index (χ4v) is 3.67. The minimum Gasteiger partial charge on any atom is -0.426 e. The van der Waals surface area contributed by atoms with Crippen molar-refractivity contribution in [2.75, 3.05) is 5.32 Å². The zero-order chi connectivity index (χ0) is 18.9. The van der Waals surface area contributed by atoms with Gasteiger partial charge >= 0.3 is 5.97 Å². The molecule has 2 aromatic rings. The summed E-state index contributed by atoms with van der Waals surface area (Å²) < 4.78 is 5.34. The molecule has 4 nitrogen and oxygen atoms in total. The molecule has 1 amide bonds. The molecule has 2 aromatic carbocycles. The third kappa shape index (κ3) is 3.99. The lowest BCUT2D eigenvalue weighted by Gasteiger charge is -2.23. The maximum Gasteiger partial charge on any atom is 0.308 e. The predicted octanol–water partition coefficient (Wildman–Crippen LogP) is 4.99. The highest BCUT2D eigenvalue weighted by Crippen LogP contribution is 2.39. The van der Waals surface area contributed by atoms with Crippen LogP contribution in [0.3, 0.4) is 0 Å². The first kappa shape index (κ1) is 18.3. The smallest absolute Gasteiger partial charge is 0.308 e. The molecule has 0 aromatic heterocycles. The number of rotatable bonds is 2. The van der Waals surface area contributed by atoms with E-state index in [0.717, 1.165) is 21.7 Å². The van der Waals surface area contributed by atoms with Gasteiger partial charge in [-0.15, -0.1) is 0 Å². The molecule has 3 rings (SSSR count). The molecule has 134 valence electrons. The first-order valence-corrected chi connectivity index (χ1v) is 9.18. The van der Waals surface area contributed by atoms with Crippen LogP contribution in [0.2, 0.25) is 0 Å². The molecule has 0 atom stereocenters. The Hall–Kier alpha value is -2.53. The number of hydrogen-bond donors (Lipinski definition) is 1. The number of anilines is 1. The van der Waals surface area contributed by atoms with Crippen LogP contribution in [0.5, 0.6) is 5.75 Å². The summed E-state index contributed by atoms with van der Waals surface area (Å²) in [7, 11) is 0. The van der Waals surface area contributed by atoms with Gasteiger partial charge in [-0.2, -0.15) is 0 Å². The third-order valence-corrected chi connectivity index (χ3v) is 5.04. The molecule has 0 aliphatic carbocycles. The standard InChI is InChI=1S/C21H21NO3S/c1-13(23)25-17-10-9-14(11-15(17)21(2,3)4)12-19-20(24)22-16-7-5-6-8-18(16)26-19/h5-12H,1-4H3,(H,22,24). The Labute approximate surface area is 157 Å². The Bertz CT molecular complexity index is 910. The van der Waals surface area contributed by atoms with Gasteiger partial charge in [0.05, 0.1) is 10.6 Å². The van der Waals surface area contributed by atoms with Gasteiger partial charge in [-0.3, -0.25) is 9.59 Å². The van der Waals surface area contributed by atoms with Crippen LogP contribution < -0.4 is 10.1 Å². The van der Waals surface area contributed by atoms with Gasteiger partial charge in [0.25, 0.3) is 5.91 Å². The topological polar surface area (TPSA) is 55.4 Å². The van der Waals surface area contributed by atoms with Gasteiger partial charge in [0, 0.05) is 17.4 Å². The number of carbonyl (C=O) groups excluding carboxylic acids is 2. The highest BCUT2D eigenvalue weighted by Gasteiger charge is 2.23. The number of para-hydroxylation sites is 1. The largest absolute Gasteiger partial charge is 0.426 e. The zero-order valence-corrected chi connectivity index (χ0v) is 16.1. The Morgan fingerprint density at radius 1 is 1.15 bits per heavy atom. The van der Waals surface area contributed by atoms with E-state index < -0.39 is 0 Å². The molecule has 0 unspecified atom stereocenters. The van der Waals surface area contributed by atoms with Crippen LogP contribution in [-0.4, -0.2) is 11.9 Å². The van der Waals surface area contributed by atoms with E-state index in [2.05, 4.69) is 26.1 Å². The van der Waals surface area contributed by atoms with Gasteiger partial charge in [-0.25, -0.2) is 0 Å². The van der Waals surface area contributed by atoms with E-state index in [9.17, 15) is 9.59 Å². The second-order valence-electron chi connectivity index (χ2n) is 7.16. The van der Waals surface area contributed by atoms with Crippen LogP contribution >= 0.6 is 11.8 Å². The molecule has 0 bridgehead atoms. The van der Waals surface area contributed by atoms with Crippen LogP contribution in [0.15, 0.2) is 52.3 Å². The summed E-state index contributed by atoms with van der Waals surface area (Å²) in [6, 6.07) is 13.3. The van der Waals surface area contributed by atoms with Gasteiger partial charge in [-0.1, -0.05) is 50.7 Å². The SMILES string of the molecule is CC(=O)Oc1ccc(C=C2Sc3ccccc3NC2=O)cc1C(C)(C)C. The average Bonchev–Trinajstić information content (AvgIpc) is 2.55. The predicted molar refractivity (Wildman–Crippen MR) is 105 cm³/mol. The van der Waals surface area contributed by atoms with Crippen molar-refractivity contribution in [3.05, 3.63) is 58.5 Å². The van der Waals surface area contributed by atoms with Crippen LogP contribution in [0.1, 0.15) is 38.8 Å². The van der Waals surface area contributed by atoms with Gasteiger partial charge in [0.1, 0.15) is 5.75 Å². The maximum absolute atomic E-state index is 12.4. The van der Waals surface area contributed by atoms with Crippen LogP contribution in [0, 0.1) is 0 Å². The highest BCUT2D eigenvalue weighted by molar-refractivity contribution is 8.04. The molecule has 1 N–H and O–H groups in total. The van der Waals surface area contributed by atoms with Crippen molar-refractivity contribution < 1.29 is 14.3 Å². The number of nitrogens with one attached hydrogen (secondary N) is 1. The molecule has 0 saturated heterocycles. The van der Waals surface area contributed by atoms with E-state index in [-0.39, 0.29) is 17.3 Å². The van der Waals surface area contributed by atoms with Crippen molar-refractivity contribution in [1.29, 1.82) is 0 Å². The Morgan fingerprint density at radius 2 is 1.88 bits per heavy atom. The fourth-order valence-electron chi connectivity index (χ4n) is 2.72. The van der Waals surface area contributed by atoms with Crippen molar-refractivity contribution in [2.45, 2.75) is 38.0 Å². The Balaban J connectivity index is 1.98. The first-order chi connectivity index (χ1) is 12.2. The maximum atomic E-state index is 12.4. The van der Waals surface area contributed by atoms with Crippen molar-refractivity contribution >= 4 is 35.4 Å². The van der Waals surface area contributed by atoms with Gasteiger partial charge in [-0.05, 0) is 41.3 Å². The molecule has 1 aliphatic rings. The number of carbonyl (C=O) groups is 2. The molecule has 0 fully saturated rings. The minimum absolute atomic E-state index is 0.116. The van der Waals surface area contributed by atoms with Crippen molar-refractivity contribution in [3.8, 4) is 5.75 Å². The van der Waals surface area contributed by atoms with E-state index in [1.54, 1.807) is 6.07 Å². The lowest BCUT2D eigenvalue weighted by Crippen LogP contribution is -2.17. The van der Waals surface area contributed by atoms with E-state index in [4.69, 9.17) is 4.74 Å². The third-order valence-electron chi connectivity index (χ3n) is 3.94. The van der Waals surface area contributed by atoms with Gasteiger partial charge < -0.3 is 10.1 Å². The molecular formula is C21H21NO3S. The molecule has 1 heterocycles. The number of esters is 1. The Kier molecular flexibility index (Phi) is 4.92. The average molecular weight is 367 g/mol. The van der Waals surface area contributed by atoms with E-state index in [1.807, 2.05) is 42.5 Å². The van der Waals surface area contributed by atoms with Crippen LogP contribution in [-0.2, 0) is 15.0 Å². The van der Waals surface area contributed by atoms with Crippen molar-refractivity contribution in [2.24, 2.45) is 0 Å². The van der Waals surface area contributed by atoms with E-state index in [1.165, 1.54) is 18.7 Å². The number of ether oxygens (including phenoxy) is 1. The summed E-state index contributed by atoms with van der Waals surface area (Å²) >= 11 is 1.45. The fraction of sp³-hybridized carbons (Fsp3) is 0.238. The van der Waals surface area contributed by atoms with E-state index >= 15 is 0 Å². The molecule has 1 aliphatic heterocycles. The molecule has 26 heavy (non-hydrogen) atoms. The zero-order valence-electron chi connectivity index (χ0n) is 15.3. The van der Waals surface area contributed by atoms with Crippen molar-refractivity contribution in [1.82, 2.24) is 0 Å². The summed E-state index contributed by atoms with van der Waals surface area (Å²) in [6.07, 6.45) is 1.86. The quantitative estimate of drug-likeness (QED) is 0.461. The molecule has 0 saturated carbocycles. The monoisotopic (exact) mass is 367 g/mol. The highest BCUT2D eigenvalue weighted by atomic mass is 32.2. The summed E-state index contributed by atoms with van der Waals surface area (Å²) in [6.45, 7) is 7.57. The Morgan fingerprint density at radius 3 is 2.58 bits per heavy atom.